The highest BCUT2D eigenvalue weighted by atomic mass is 16.1. The van der Waals surface area contributed by atoms with Crippen molar-refractivity contribution in [2.75, 3.05) is 0 Å². The molecule has 0 saturated heterocycles. The molecule has 0 aliphatic heterocycles. The van der Waals surface area contributed by atoms with Gasteiger partial charge in [0.2, 0.25) is 0 Å². The number of nitrogens with one attached hydrogen (secondary N) is 3. The smallest absolute Gasteiger partial charge is 0.259 e. The van der Waals surface area contributed by atoms with Crippen LogP contribution in [0.3, 0.4) is 0 Å². The van der Waals surface area contributed by atoms with E-state index in [1.807, 2.05) is 10.7 Å². The lowest BCUT2D eigenvalue weighted by Gasteiger charge is -2.10. The third kappa shape index (κ3) is 1.88. The number of hydrogen-bond donors (Lipinski definition) is 3. The van der Waals surface area contributed by atoms with Crippen LogP contribution in [-0.4, -0.2) is 27.2 Å². The predicted octanol–water partition coefficient (Wildman–Crippen LogP) is 2.22. The molecule has 0 amide bonds. The molecule has 1 aliphatic carbocycles. The molecule has 3 rings (SSSR count). The van der Waals surface area contributed by atoms with Gasteiger partial charge in [-0.15, -0.1) is 0 Å². The number of fused-ring (bicyclic) bond motifs is 1. The first-order valence-electron chi connectivity index (χ1n) is 6.87. The second kappa shape index (κ2) is 5.03. The van der Waals surface area contributed by atoms with Gasteiger partial charge < -0.3 is 15.8 Å². The lowest BCUT2D eigenvalue weighted by molar-refractivity contribution is 0.478. The molecule has 6 heteroatoms. The minimum Gasteiger partial charge on any atom is -0.328 e. The zero-order valence-electron chi connectivity index (χ0n) is 11.1. The van der Waals surface area contributed by atoms with Crippen LogP contribution in [0.15, 0.2) is 17.1 Å². The molecule has 0 aromatic carbocycles. The summed E-state index contributed by atoms with van der Waals surface area (Å²) in [6, 6.07) is 2.18. The van der Waals surface area contributed by atoms with Gasteiger partial charge in [0.05, 0.1) is 28.6 Å². The third-order valence-corrected chi connectivity index (χ3v) is 4.00. The maximum atomic E-state index is 12.1. The minimum atomic E-state index is -0.538. The molecular formula is C14H17N5O. The van der Waals surface area contributed by atoms with E-state index in [0.29, 0.717) is 17.1 Å². The fourth-order valence-corrected chi connectivity index (χ4v) is 2.99. The molecule has 1 aliphatic rings. The van der Waals surface area contributed by atoms with Crippen molar-refractivity contribution in [3.8, 4) is 0 Å². The predicted molar refractivity (Wildman–Crippen MR) is 78.2 cm³/mol. The Bertz CT molecular complexity index is 700. The molecule has 20 heavy (non-hydrogen) atoms. The summed E-state index contributed by atoms with van der Waals surface area (Å²) in [6.45, 7) is 0. The van der Waals surface area contributed by atoms with Crippen molar-refractivity contribution in [1.82, 2.24) is 14.8 Å². The van der Waals surface area contributed by atoms with E-state index in [1.54, 1.807) is 6.20 Å². The maximum absolute atomic E-state index is 12.1. The first kappa shape index (κ1) is 12.8. The van der Waals surface area contributed by atoms with E-state index in [9.17, 15) is 4.79 Å². The van der Waals surface area contributed by atoms with Crippen molar-refractivity contribution >= 4 is 23.3 Å². The van der Waals surface area contributed by atoms with Crippen LogP contribution in [-0.2, 0) is 0 Å². The molecule has 2 heterocycles. The molecule has 3 N–H and O–H groups in total. The van der Waals surface area contributed by atoms with Gasteiger partial charge in [0, 0.05) is 18.6 Å². The average Bonchev–Trinajstić information content (AvgIpc) is 3.08. The van der Waals surface area contributed by atoms with Gasteiger partial charge in [-0.3, -0.25) is 9.48 Å². The van der Waals surface area contributed by atoms with Crippen LogP contribution in [0.5, 0.6) is 0 Å². The standard InChI is InChI=1S/C14H17N5O/c15-7-9(8-16)13-12-11(5-6-17-14(12)20)19(18-13)10-3-1-2-4-10/h5-10,15-16H,1-4H2,(H,17,20). The van der Waals surface area contributed by atoms with E-state index in [1.165, 1.54) is 12.8 Å². The van der Waals surface area contributed by atoms with Crippen molar-refractivity contribution in [2.24, 2.45) is 0 Å². The van der Waals surface area contributed by atoms with Crippen molar-refractivity contribution < 1.29 is 0 Å². The molecule has 2 aromatic heterocycles. The van der Waals surface area contributed by atoms with E-state index in [4.69, 9.17) is 10.8 Å². The zero-order valence-corrected chi connectivity index (χ0v) is 11.1. The van der Waals surface area contributed by atoms with E-state index >= 15 is 0 Å². The largest absolute Gasteiger partial charge is 0.328 e. The lowest BCUT2D eigenvalue weighted by Crippen LogP contribution is -2.09. The van der Waals surface area contributed by atoms with Crippen LogP contribution in [0.1, 0.15) is 43.3 Å². The molecule has 0 unspecified atom stereocenters. The Morgan fingerprint density at radius 3 is 2.70 bits per heavy atom. The molecule has 0 spiro atoms. The quantitative estimate of drug-likeness (QED) is 0.743. The van der Waals surface area contributed by atoms with Gasteiger partial charge in [-0.2, -0.15) is 5.10 Å². The van der Waals surface area contributed by atoms with Crippen molar-refractivity contribution in [1.29, 1.82) is 10.8 Å². The summed E-state index contributed by atoms with van der Waals surface area (Å²) in [5, 5.41) is 19.9. The second-order valence-electron chi connectivity index (χ2n) is 5.19. The molecule has 0 atom stereocenters. The van der Waals surface area contributed by atoms with Gasteiger partial charge in [0.15, 0.2) is 0 Å². The molecule has 0 bridgehead atoms. The number of pyridine rings is 1. The van der Waals surface area contributed by atoms with Gasteiger partial charge in [-0.1, -0.05) is 12.8 Å². The van der Waals surface area contributed by atoms with Crippen LogP contribution in [0.2, 0.25) is 0 Å². The number of nitrogens with zero attached hydrogens (tertiary/aromatic N) is 2. The summed E-state index contributed by atoms with van der Waals surface area (Å²) in [5.74, 6) is -0.538. The molecule has 2 aromatic rings. The molecule has 104 valence electrons. The topological polar surface area (TPSA) is 98.4 Å². The Labute approximate surface area is 115 Å². The van der Waals surface area contributed by atoms with Crippen molar-refractivity contribution in [3.63, 3.8) is 0 Å². The fraction of sp³-hybridized carbons (Fsp3) is 0.429. The summed E-state index contributed by atoms with van der Waals surface area (Å²) in [7, 11) is 0. The number of aromatic nitrogens is 3. The van der Waals surface area contributed by atoms with Crippen LogP contribution >= 0.6 is 0 Å². The minimum absolute atomic E-state index is 0.199. The number of H-pyrrole nitrogens is 1. The third-order valence-electron chi connectivity index (χ3n) is 4.00. The fourth-order valence-electron chi connectivity index (χ4n) is 2.99. The zero-order chi connectivity index (χ0) is 14.1. The number of hydrogen-bond acceptors (Lipinski definition) is 4. The SMILES string of the molecule is N=CC(C=N)c1nn(C2CCCC2)c2cc[nH]c(=O)c12. The summed E-state index contributed by atoms with van der Waals surface area (Å²) < 4.78 is 1.92. The molecule has 1 fully saturated rings. The van der Waals surface area contributed by atoms with Crippen LogP contribution in [0.25, 0.3) is 10.9 Å². The lowest BCUT2D eigenvalue weighted by atomic mass is 10.1. The second-order valence-corrected chi connectivity index (χ2v) is 5.19. The summed E-state index contributed by atoms with van der Waals surface area (Å²) in [4.78, 5) is 14.8. The highest BCUT2D eigenvalue weighted by Crippen LogP contribution is 2.32. The van der Waals surface area contributed by atoms with Crippen LogP contribution < -0.4 is 5.56 Å². The average molecular weight is 271 g/mol. The van der Waals surface area contributed by atoms with Crippen molar-refractivity contribution in [3.05, 3.63) is 28.3 Å². The molecular weight excluding hydrogens is 254 g/mol. The monoisotopic (exact) mass is 271 g/mol. The highest BCUT2D eigenvalue weighted by Gasteiger charge is 2.24. The first-order chi connectivity index (χ1) is 9.76. The van der Waals surface area contributed by atoms with Gasteiger partial charge >= 0.3 is 0 Å². The Kier molecular flexibility index (Phi) is 3.22. The Balaban J connectivity index is 2.26. The van der Waals surface area contributed by atoms with Gasteiger partial charge in [-0.25, -0.2) is 0 Å². The van der Waals surface area contributed by atoms with E-state index in [2.05, 4.69) is 10.1 Å². The summed E-state index contributed by atoms with van der Waals surface area (Å²) in [6.07, 6.45) is 8.45. The Morgan fingerprint density at radius 2 is 2.05 bits per heavy atom. The van der Waals surface area contributed by atoms with E-state index in [-0.39, 0.29) is 5.56 Å². The maximum Gasteiger partial charge on any atom is 0.259 e. The molecule has 1 saturated carbocycles. The van der Waals surface area contributed by atoms with Crippen LogP contribution in [0.4, 0.5) is 0 Å². The van der Waals surface area contributed by atoms with Gasteiger partial charge in [0.1, 0.15) is 0 Å². The number of aromatic amines is 1. The Morgan fingerprint density at radius 1 is 1.35 bits per heavy atom. The molecule has 6 nitrogen and oxygen atoms in total. The molecule has 0 radical (unpaired) electrons. The first-order valence-corrected chi connectivity index (χ1v) is 6.87. The Hall–Kier alpha value is -2.24. The highest BCUT2D eigenvalue weighted by molar-refractivity contribution is 5.94. The number of rotatable bonds is 4. The van der Waals surface area contributed by atoms with Gasteiger partial charge in [-0.05, 0) is 18.9 Å². The van der Waals surface area contributed by atoms with Crippen molar-refractivity contribution in [2.45, 2.75) is 37.6 Å². The van der Waals surface area contributed by atoms with E-state index < -0.39 is 5.92 Å². The summed E-state index contributed by atoms with van der Waals surface area (Å²) in [5.41, 5.74) is 1.12. The van der Waals surface area contributed by atoms with Crippen LogP contribution in [0, 0.1) is 10.8 Å². The summed E-state index contributed by atoms with van der Waals surface area (Å²) >= 11 is 0. The van der Waals surface area contributed by atoms with Gasteiger partial charge in [0.25, 0.3) is 5.56 Å². The van der Waals surface area contributed by atoms with E-state index in [0.717, 1.165) is 30.8 Å². The normalized spacial score (nSPS) is 17.4.